The number of halogens is 5. The summed E-state index contributed by atoms with van der Waals surface area (Å²) in [5.74, 6) is 0.815. The van der Waals surface area contributed by atoms with Crippen molar-refractivity contribution in [2.45, 2.75) is 19.6 Å². The number of aryl methyl sites for hydroxylation is 2. The van der Waals surface area contributed by atoms with Gasteiger partial charge in [-0.1, -0.05) is 23.7 Å². The maximum absolute atomic E-state index is 13.6. The molecule has 0 bridgehead atoms. The van der Waals surface area contributed by atoms with Gasteiger partial charge in [0.15, 0.2) is 6.61 Å². The Morgan fingerprint density at radius 2 is 1.63 bits per heavy atom. The summed E-state index contributed by atoms with van der Waals surface area (Å²) in [4.78, 5) is 36.5. The molecule has 1 fully saturated rings. The Labute approximate surface area is 304 Å². The van der Waals surface area contributed by atoms with E-state index >= 15 is 0 Å². The molecule has 0 unspecified atom stereocenters. The molecule has 6 rings (SSSR count). The van der Waals surface area contributed by atoms with Crippen LogP contribution in [-0.4, -0.2) is 77.2 Å². The minimum absolute atomic E-state index is 0. The molecular weight excluding hydrogens is 706 g/mol. The molecule has 1 aliphatic rings. The summed E-state index contributed by atoms with van der Waals surface area (Å²) in [7, 11) is 3.53. The maximum Gasteiger partial charge on any atom is 0.422 e. The smallest absolute Gasteiger partial charge is 0.422 e. The molecule has 2 amide bonds. The van der Waals surface area contributed by atoms with Gasteiger partial charge in [-0.3, -0.25) is 14.5 Å². The molecule has 3 heterocycles. The summed E-state index contributed by atoms with van der Waals surface area (Å²) in [6, 6.07) is 22.6. The zero-order valence-corrected chi connectivity index (χ0v) is 29.7. The molecule has 1 saturated heterocycles. The third-order valence-electron chi connectivity index (χ3n) is 8.67. The van der Waals surface area contributed by atoms with Crippen molar-refractivity contribution in [1.29, 1.82) is 0 Å². The first-order valence-electron chi connectivity index (χ1n) is 15.9. The number of rotatable bonds is 9. The average molecular weight is 743 g/mol. The second kappa shape index (κ2) is 15.6. The number of piperazine rings is 1. The van der Waals surface area contributed by atoms with E-state index in [0.29, 0.717) is 66.3 Å². The third-order valence-corrected chi connectivity index (χ3v) is 9.09. The molecule has 0 spiro atoms. The number of pyridine rings is 1. The lowest BCUT2D eigenvalue weighted by molar-refractivity contribution is -0.153. The predicted molar refractivity (Wildman–Crippen MR) is 193 cm³/mol. The zero-order valence-electron chi connectivity index (χ0n) is 28.1. The highest BCUT2D eigenvalue weighted by molar-refractivity contribution is 6.31. The number of carbonyl (C=O) groups excluding carboxylic acids is 2. The largest absolute Gasteiger partial charge is 0.484 e. The number of hydrogen-bond donors (Lipinski definition) is 0. The van der Waals surface area contributed by atoms with Crippen LogP contribution in [0.3, 0.4) is 0 Å². The number of benzene rings is 3. The van der Waals surface area contributed by atoms with Crippen molar-refractivity contribution >= 4 is 52.4 Å². The molecule has 2 aromatic heterocycles. The number of amides is 2. The highest BCUT2D eigenvalue weighted by atomic mass is 35.5. The van der Waals surface area contributed by atoms with Crippen molar-refractivity contribution in [3.05, 3.63) is 112 Å². The van der Waals surface area contributed by atoms with E-state index in [1.807, 2.05) is 47.7 Å². The Kier molecular flexibility index (Phi) is 11.5. The molecule has 3 aromatic carbocycles. The third kappa shape index (κ3) is 8.94. The summed E-state index contributed by atoms with van der Waals surface area (Å²) in [6.45, 7) is 3.56. The van der Waals surface area contributed by atoms with Crippen LogP contribution in [0.4, 0.5) is 18.9 Å². The quantitative estimate of drug-likeness (QED) is 0.153. The Morgan fingerprint density at radius 3 is 2.27 bits per heavy atom. The minimum atomic E-state index is -4.38. The van der Waals surface area contributed by atoms with Crippen LogP contribution >= 0.6 is 24.0 Å². The molecular formula is C37H36Cl2F3N5O4. The van der Waals surface area contributed by atoms with Gasteiger partial charge in [0.2, 0.25) is 5.88 Å². The van der Waals surface area contributed by atoms with Crippen LogP contribution in [0, 0.1) is 6.92 Å². The molecule has 9 nitrogen and oxygen atoms in total. The van der Waals surface area contributed by atoms with Gasteiger partial charge >= 0.3 is 6.18 Å². The number of ether oxygens (including phenoxy) is 2. The first-order valence-corrected chi connectivity index (χ1v) is 16.3. The van der Waals surface area contributed by atoms with Crippen LogP contribution in [0.25, 0.3) is 10.9 Å². The molecule has 14 heteroatoms. The fraction of sp³-hybridized carbons (Fsp3) is 0.270. The van der Waals surface area contributed by atoms with Gasteiger partial charge in [0.05, 0.1) is 17.4 Å². The highest BCUT2D eigenvalue weighted by Crippen LogP contribution is 2.29. The number of alkyl halides is 3. The van der Waals surface area contributed by atoms with Gasteiger partial charge < -0.3 is 23.8 Å². The molecule has 0 aliphatic carbocycles. The van der Waals surface area contributed by atoms with Crippen molar-refractivity contribution in [3.8, 4) is 17.4 Å². The first-order chi connectivity index (χ1) is 23.8. The SMILES string of the molecule is Cc1cc(C(=O)N(C)c2ccc(Oc3ccc4cc(C(=O)N5CCN(Cc6ccc(OCC(F)(F)F)cc6)CC5)n(C)c4c3)nc2)ccc1Cl.Cl. The van der Waals surface area contributed by atoms with E-state index in [1.54, 1.807) is 55.7 Å². The zero-order chi connectivity index (χ0) is 35.6. The lowest BCUT2D eigenvalue weighted by atomic mass is 10.1. The number of anilines is 1. The van der Waals surface area contributed by atoms with Crippen LogP contribution in [0.1, 0.15) is 32.0 Å². The molecule has 0 radical (unpaired) electrons. The monoisotopic (exact) mass is 741 g/mol. The van der Waals surface area contributed by atoms with Crippen LogP contribution in [0.5, 0.6) is 17.4 Å². The summed E-state index contributed by atoms with van der Waals surface area (Å²) in [5, 5.41) is 1.49. The molecule has 1 aliphatic heterocycles. The van der Waals surface area contributed by atoms with Gasteiger partial charge in [0, 0.05) is 74.9 Å². The highest BCUT2D eigenvalue weighted by Gasteiger charge is 2.28. The van der Waals surface area contributed by atoms with Crippen molar-refractivity contribution in [2.24, 2.45) is 7.05 Å². The number of fused-ring (bicyclic) bond motifs is 1. The molecule has 51 heavy (non-hydrogen) atoms. The number of carbonyl (C=O) groups is 2. The van der Waals surface area contributed by atoms with E-state index in [1.165, 1.54) is 17.0 Å². The fourth-order valence-electron chi connectivity index (χ4n) is 5.80. The van der Waals surface area contributed by atoms with Crippen molar-refractivity contribution in [2.75, 3.05) is 44.7 Å². The average Bonchev–Trinajstić information content (AvgIpc) is 3.43. The molecule has 5 aromatic rings. The van der Waals surface area contributed by atoms with Crippen LogP contribution in [0.15, 0.2) is 85.1 Å². The van der Waals surface area contributed by atoms with Crippen molar-refractivity contribution in [1.82, 2.24) is 19.4 Å². The summed E-state index contributed by atoms with van der Waals surface area (Å²) < 4.78 is 49.9. The minimum Gasteiger partial charge on any atom is -0.484 e. The summed E-state index contributed by atoms with van der Waals surface area (Å²) in [5.41, 5.74) is 4.28. The van der Waals surface area contributed by atoms with Gasteiger partial charge in [-0.05, 0) is 72.6 Å². The Morgan fingerprint density at radius 1 is 0.922 bits per heavy atom. The van der Waals surface area contributed by atoms with Crippen LogP contribution in [-0.2, 0) is 13.6 Å². The van der Waals surface area contributed by atoms with E-state index in [2.05, 4.69) is 9.88 Å². The van der Waals surface area contributed by atoms with Gasteiger partial charge in [-0.15, -0.1) is 12.4 Å². The van der Waals surface area contributed by atoms with Crippen molar-refractivity contribution < 1.29 is 32.2 Å². The van der Waals surface area contributed by atoms with E-state index in [0.717, 1.165) is 22.0 Å². The summed E-state index contributed by atoms with van der Waals surface area (Å²) in [6.07, 6.45) is -2.81. The van der Waals surface area contributed by atoms with E-state index < -0.39 is 12.8 Å². The maximum atomic E-state index is 13.6. The number of hydrogen-bond acceptors (Lipinski definition) is 6. The van der Waals surface area contributed by atoms with Crippen LogP contribution in [0.2, 0.25) is 5.02 Å². The van der Waals surface area contributed by atoms with Crippen molar-refractivity contribution in [3.63, 3.8) is 0 Å². The van der Waals surface area contributed by atoms with Gasteiger partial charge in [0.1, 0.15) is 17.2 Å². The van der Waals surface area contributed by atoms with E-state index in [9.17, 15) is 22.8 Å². The molecule has 0 saturated carbocycles. The van der Waals surface area contributed by atoms with E-state index in [4.69, 9.17) is 21.1 Å². The van der Waals surface area contributed by atoms with Gasteiger partial charge in [0.25, 0.3) is 11.8 Å². The Balaban J connectivity index is 0.00000504. The lowest BCUT2D eigenvalue weighted by Crippen LogP contribution is -2.48. The van der Waals surface area contributed by atoms with Gasteiger partial charge in [-0.2, -0.15) is 13.2 Å². The summed E-state index contributed by atoms with van der Waals surface area (Å²) >= 11 is 6.11. The standard InChI is InChI=1S/C37H35ClF3N5O4.ClH/c1-24-18-27(7-12-31(24)38)35(47)43(2)28-8-13-34(42-21-28)50-30-11-6-26-19-33(44(3)32(26)20-30)36(48)46-16-14-45(15-17-46)22-25-4-9-29(10-5-25)49-23-37(39,40)41;/h4-13,18-21H,14-17,22-23H2,1-3H3;1H. The number of nitrogens with zero attached hydrogens (tertiary/aromatic N) is 5. The topological polar surface area (TPSA) is 80.1 Å². The second-order valence-corrected chi connectivity index (χ2v) is 12.6. The molecule has 0 N–H and O–H groups in total. The lowest BCUT2D eigenvalue weighted by Gasteiger charge is -2.34. The molecule has 268 valence electrons. The van der Waals surface area contributed by atoms with Gasteiger partial charge in [-0.25, -0.2) is 4.98 Å². The second-order valence-electron chi connectivity index (χ2n) is 12.2. The van der Waals surface area contributed by atoms with E-state index in [-0.39, 0.29) is 30.0 Å². The fourth-order valence-corrected chi connectivity index (χ4v) is 5.92. The Hall–Kier alpha value is -4.78. The predicted octanol–water partition coefficient (Wildman–Crippen LogP) is 7.92. The van der Waals surface area contributed by atoms with Crippen LogP contribution < -0.4 is 14.4 Å². The Bertz CT molecular complexity index is 2010. The number of aromatic nitrogens is 2. The normalized spacial score (nSPS) is 13.5. The first kappa shape index (κ1) is 37.5. The molecule has 0 atom stereocenters.